The molecule has 0 bridgehead atoms. The van der Waals surface area contributed by atoms with Gasteiger partial charge in [0.2, 0.25) is 24.1 Å². The second-order valence-corrected chi connectivity index (χ2v) is 12.8. The number of phenolic OH excluding ortho intramolecular Hbond substituents is 4. The van der Waals surface area contributed by atoms with Crippen molar-refractivity contribution in [1.29, 1.82) is 0 Å². The van der Waals surface area contributed by atoms with E-state index >= 15 is 0 Å². The molecule has 56 heavy (non-hydrogen) atoms. The second-order valence-electron chi connectivity index (χ2n) is 12.8. The lowest BCUT2D eigenvalue weighted by Gasteiger charge is -2.40. The van der Waals surface area contributed by atoms with E-state index in [0.29, 0.717) is 5.56 Å². The lowest BCUT2D eigenvalue weighted by Crippen LogP contribution is -2.61. The van der Waals surface area contributed by atoms with Gasteiger partial charge in [-0.05, 0) is 23.8 Å². The van der Waals surface area contributed by atoms with E-state index in [1.54, 1.807) is 0 Å². The molecule has 2 aliphatic rings. The molecule has 10 atom stereocenters. The zero-order chi connectivity index (χ0) is 40.4. The Morgan fingerprint density at radius 2 is 1.38 bits per heavy atom. The summed E-state index contributed by atoms with van der Waals surface area (Å²) in [6.45, 7) is -1.59. The van der Waals surface area contributed by atoms with Crippen LogP contribution in [-0.2, 0) is 19.0 Å². The molecule has 4 aromatic rings. The number of esters is 1. The maximum atomic E-state index is 12.7. The summed E-state index contributed by atoms with van der Waals surface area (Å²) in [5.41, 5.74) is 0.385. The first kappa shape index (κ1) is 40.2. The fourth-order valence-electron chi connectivity index (χ4n) is 6.07. The molecule has 3 aromatic carbocycles. The van der Waals surface area contributed by atoms with Gasteiger partial charge in [0, 0.05) is 30.3 Å². The Morgan fingerprint density at radius 1 is 0.732 bits per heavy atom. The Labute approximate surface area is 316 Å². The highest BCUT2D eigenvalue weighted by Gasteiger charge is 2.49. The van der Waals surface area contributed by atoms with Gasteiger partial charge < -0.3 is 84.6 Å². The van der Waals surface area contributed by atoms with Crippen molar-refractivity contribution in [3.8, 4) is 51.6 Å². The maximum Gasteiger partial charge on any atom is 0.402 e. The Balaban J connectivity index is 1.36. The zero-order valence-electron chi connectivity index (χ0n) is 29.2. The number of phenols is 4. The van der Waals surface area contributed by atoms with Crippen molar-refractivity contribution < 1.29 is 93.8 Å². The Hall–Kier alpha value is -5.48. The third-order valence-corrected chi connectivity index (χ3v) is 9.05. The molecule has 0 unspecified atom stereocenters. The van der Waals surface area contributed by atoms with E-state index < -0.39 is 97.8 Å². The topological polar surface area (TPSA) is 306 Å². The molecule has 0 aliphatic carbocycles. The molecule has 19 heteroatoms. The van der Waals surface area contributed by atoms with Gasteiger partial charge in [-0.3, -0.25) is 0 Å². The average Bonchev–Trinajstić information content (AvgIpc) is 3.18. The zero-order valence-corrected chi connectivity index (χ0v) is 29.2. The smallest absolute Gasteiger partial charge is 0.402 e. The van der Waals surface area contributed by atoms with E-state index in [0.717, 1.165) is 24.3 Å². The lowest BCUT2D eigenvalue weighted by atomic mass is 9.99. The van der Waals surface area contributed by atoms with E-state index in [1.165, 1.54) is 49.6 Å². The van der Waals surface area contributed by atoms with Crippen LogP contribution in [-0.4, -0.2) is 144 Å². The number of methoxy groups -OCH3 is 1. The van der Waals surface area contributed by atoms with Gasteiger partial charge in [-0.2, -0.15) is 0 Å². The van der Waals surface area contributed by atoms with Crippen LogP contribution in [0, 0.1) is 0 Å². The van der Waals surface area contributed by atoms with Crippen LogP contribution in [0.4, 0.5) is 0 Å². The van der Waals surface area contributed by atoms with E-state index in [9.17, 15) is 61.0 Å². The molecule has 19 nitrogen and oxygen atoms in total. The Morgan fingerprint density at radius 3 is 2.04 bits per heavy atom. The molecule has 2 aliphatic heterocycles. The molecule has 0 radical (unpaired) electrons. The second kappa shape index (κ2) is 16.7. The largest absolute Gasteiger partial charge is 0.508 e. The fourth-order valence-corrected chi connectivity index (χ4v) is 6.07. The van der Waals surface area contributed by atoms with Crippen molar-refractivity contribution in [2.75, 3.05) is 20.3 Å². The monoisotopic (exact) mass is 787 g/mol. The van der Waals surface area contributed by atoms with E-state index in [1.807, 2.05) is 0 Å². The van der Waals surface area contributed by atoms with Crippen LogP contribution in [0.25, 0.3) is 28.4 Å². The first-order valence-electron chi connectivity index (χ1n) is 16.9. The first-order valence-corrected chi connectivity index (χ1v) is 16.9. The van der Waals surface area contributed by atoms with E-state index in [2.05, 4.69) is 0 Å². The number of aliphatic hydroxyl groups excluding tert-OH is 7. The van der Waals surface area contributed by atoms with Crippen molar-refractivity contribution in [1.82, 2.24) is 0 Å². The van der Waals surface area contributed by atoms with Gasteiger partial charge in [0.15, 0.2) is 17.6 Å². The van der Waals surface area contributed by atoms with Crippen LogP contribution in [0.1, 0.15) is 5.56 Å². The number of fused-ring (bicyclic) bond motifs is 1. The summed E-state index contributed by atoms with van der Waals surface area (Å²) in [7, 11) is 1.21. The SMILES string of the molecule is COc1cc(-c2[o+]c3cc(O)cc(O[C@@H]4O[C@H](CO)[C@@H](O)[C@H](O)[C@H]4O)c3cc2O[C@@H]2O[C@H](CO)[C@@H](OC(=O)C=Cc3ccc(O)cc3)[C@H](O)[C@H]2O)cc(O)c1O. The van der Waals surface area contributed by atoms with Crippen LogP contribution < -0.4 is 14.2 Å². The number of hydrogen-bond acceptors (Lipinski definition) is 18. The highest BCUT2D eigenvalue weighted by Crippen LogP contribution is 2.46. The third-order valence-electron chi connectivity index (χ3n) is 9.05. The molecule has 3 heterocycles. The van der Waals surface area contributed by atoms with Gasteiger partial charge in [-0.15, -0.1) is 0 Å². The van der Waals surface area contributed by atoms with Crippen LogP contribution >= 0.6 is 0 Å². The molecular formula is C37H39O19+. The number of ether oxygens (including phenoxy) is 6. The summed E-state index contributed by atoms with van der Waals surface area (Å²) in [5, 5.41) is 114. The summed E-state index contributed by atoms with van der Waals surface area (Å²) < 4.78 is 39.7. The van der Waals surface area contributed by atoms with Crippen molar-refractivity contribution in [2.24, 2.45) is 0 Å². The van der Waals surface area contributed by atoms with Crippen LogP contribution in [0.5, 0.6) is 40.2 Å². The molecule has 300 valence electrons. The van der Waals surface area contributed by atoms with Gasteiger partial charge in [-0.25, -0.2) is 9.21 Å². The quantitative estimate of drug-likeness (QED) is 0.0407. The molecule has 0 amide bonds. The predicted molar refractivity (Wildman–Crippen MR) is 187 cm³/mol. The van der Waals surface area contributed by atoms with Gasteiger partial charge in [0.1, 0.15) is 65.4 Å². The summed E-state index contributed by atoms with van der Waals surface area (Å²) >= 11 is 0. The summed E-state index contributed by atoms with van der Waals surface area (Å²) in [6.07, 6.45) is -14.8. The molecular weight excluding hydrogens is 748 g/mol. The number of hydrogen-bond donors (Lipinski definition) is 11. The fraction of sp³-hybridized carbons (Fsp3) is 0.351. The minimum atomic E-state index is -1.97. The standard InChI is InChI=1S/C37H38O19/c1-50-23-9-16(8-20(42)28(23)44)34-24(12-19-21(51-34)10-18(41)11-22(19)52-36-32(48)30(46)29(45)25(13-38)54-36)53-37-33(49)31(47)35(26(14-39)55-37)56-27(43)7-4-15-2-5-17(40)6-3-15/h2-12,25-26,29-33,35-39,45-49H,13-14H2,1H3,(H3-,40,41,42,43,44)/p+1/t25-,26-,29-,30+,31-,32-,33-,35-,36-,37-/m1/s1. The molecule has 1 aromatic heterocycles. The Bertz CT molecular complexity index is 2050. The highest BCUT2D eigenvalue weighted by atomic mass is 16.7. The van der Waals surface area contributed by atoms with Crippen LogP contribution in [0.2, 0.25) is 0 Å². The molecule has 11 N–H and O–H groups in total. The van der Waals surface area contributed by atoms with Crippen LogP contribution in [0.15, 0.2) is 65.1 Å². The summed E-state index contributed by atoms with van der Waals surface area (Å²) in [4.78, 5) is 12.7. The van der Waals surface area contributed by atoms with Gasteiger partial charge in [0.25, 0.3) is 0 Å². The molecule has 6 rings (SSSR count). The minimum absolute atomic E-state index is 0.00873. The van der Waals surface area contributed by atoms with E-state index in [4.69, 9.17) is 32.8 Å². The number of aliphatic hydroxyl groups is 7. The van der Waals surface area contributed by atoms with E-state index in [-0.39, 0.29) is 45.3 Å². The first-order chi connectivity index (χ1) is 26.7. The molecule has 2 fully saturated rings. The molecule has 0 spiro atoms. The normalized spacial score (nSPS) is 27.9. The van der Waals surface area contributed by atoms with Gasteiger partial charge in [0.05, 0.1) is 32.0 Å². The van der Waals surface area contributed by atoms with Crippen molar-refractivity contribution in [3.05, 3.63) is 66.2 Å². The van der Waals surface area contributed by atoms with Gasteiger partial charge >= 0.3 is 17.3 Å². The lowest BCUT2D eigenvalue weighted by molar-refractivity contribution is -0.280. The minimum Gasteiger partial charge on any atom is -0.508 e. The van der Waals surface area contributed by atoms with Crippen molar-refractivity contribution in [3.63, 3.8) is 0 Å². The Kier molecular flexibility index (Phi) is 12.0. The average molecular weight is 788 g/mol. The third kappa shape index (κ3) is 8.21. The summed E-state index contributed by atoms with van der Waals surface area (Å²) in [6, 6.07) is 11.6. The summed E-state index contributed by atoms with van der Waals surface area (Å²) in [5.74, 6) is -3.73. The van der Waals surface area contributed by atoms with Crippen molar-refractivity contribution in [2.45, 2.75) is 61.4 Å². The maximum absolute atomic E-state index is 12.7. The highest BCUT2D eigenvalue weighted by molar-refractivity contribution is 5.89. The van der Waals surface area contributed by atoms with Gasteiger partial charge in [-0.1, -0.05) is 12.1 Å². The number of benzene rings is 3. The molecule has 2 saturated heterocycles. The number of rotatable bonds is 11. The number of aromatic hydroxyl groups is 4. The number of carbonyl (C=O) groups excluding carboxylic acids is 1. The van der Waals surface area contributed by atoms with Crippen LogP contribution in [0.3, 0.4) is 0 Å². The van der Waals surface area contributed by atoms with Crippen molar-refractivity contribution >= 4 is 23.0 Å². The number of carbonyl (C=O) groups is 1. The predicted octanol–water partition coefficient (Wildman–Crippen LogP) is -0.166. The molecule has 0 saturated carbocycles.